The Hall–Kier alpha value is -2.37. The van der Waals surface area contributed by atoms with Crippen LogP contribution in [0.15, 0.2) is 38.0 Å². The van der Waals surface area contributed by atoms with Gasteiger partial charge in [0.25, 0.3) is 0 Å². The third-order valence-electron chi connectivity index (χ3n) is 2.67. The van der Waals surface area contributed by atoms with Gasteiger partial charge in [-0.3, -0.25) is 14.4 Å². The van der Waals surface area contributed by atoms with Gasteiger partial charge in [-0.05, 0) is 31.1 Å². The molecule has 3 amide bonds. The van der Waals surface area contributed by atoms with Crippen LogP contribution in [0, 0.1) is 0 Å². The van der Waals surface area contributed by atoms with Crippen LogP contribution in [0.5, 0.6) is 0 Å². The van der Waals surface area contributed by atoms with Gasteiger partial charge in [-0.2, -0.15) is 0 Å². The molecule has 21 heavy (non-hydrogen) atoms. The average Bonchev–Trinajstić information content (AvgIpc) is 2.51. The lowest BCUT2D eigenvalue weighted by molar-refractivity contribution is -0.126. The van der Waals surface area contributed by atoms with Gasteiger partial charge in [0.05, 0.1) is 0 Å². The molecule has 0 aliphatic heterocycles. The van der Waals surface area contributed by atoms with Crippen LogP contribution >= 0.6 is 0 Å². The van der Waals surface area contributed by atoms with Crippen LogP contribution in [0.25, 0.3) is 0 Å². The van der Waals surface area contributed by atoms with Gasteiger partial charge in [-0.25, -0.2) is 0 Å². The zero-order valence-corrected chi connectivity index (χ0v) is 12.3. The third kappa shape index (κ3) is 9.21. The highest BCUT2D eigenvalue weighted by Gasteiger charge is 2.09. The molecule has 0 fully saturated rings. The monoisotopic (exact) mass is 293 g/mol. The minimum atomic E-state index is -0.233. The predicted octanol–water partition coefficient (Wildman–Crippen LogP) is 0.386. The molecule has 116 valence electrons. The van der Waals surface area contributed by atoms with Gasteiger partial charge in [0.1, 0.15) is 0 Å². The highest BCUT2D eigenvalue weighted by molar-refractivity contribution is 5.87. The summed E-state index contributed by atoms with van der Waals surface area (Å²) >= 11 is 0. The number of hydrogen-bond acceptors (Lipinski definition) is 3. The van der Waals surface area contributed by atoms with Crippen molar-refractivity contribution in [1.82, 2.24) is 15.5 Å². The van der Waals surface area contributed by atoms with Gasteiger partial charge in [0.15, 0.2) is 0 Å². The minimum absolute atomic E-state index is 0.167. The van der Waals surface area contributed by atoms with E-state index in [9.17, 15) is 14.4 Å². The first kappa shape index (κ1) is 18.6. The summed E-state index contributed by atoms with van der Waals surface area (Å²) in [5.41, 5.74) is 0. The Morgan fingerprint density at radius 1 is 0.810 bits per heavy atom. The summed E-state index contributed by atoms with van der Waals surface area (Å²) in [6.07, 6.45) is 4.94. The van der Waals surface area contributed by atoms with Gasteiger partial charge >= 0.3 is 0 Å². The van der Waals surface area contributed by atoms with Crippen molar-refractivity contribution >= 4 is 17.7 Å². The van der Waals surface area contributed by atoms with Crippen molar-refractivity contribution in [2.24, 2.45) is 0 Å². The maximum Gasteiger partial charge on any atom is 0.245 e. The number of carbonyl (C=O) groups excluding carboxylic acids is 3. The van der Waals surface area contributed by atoms with Gasteiger partial charge in [-0.15, -0.1) is 0 Å². The Morgan fingerprint density at radius 2 is 1.24 bits per heavy atom. The summed E-state index contributed by atoms with van der Waals surface area (Å²) in [5, 5.41) is 5.29. The number of rotatable bonds is 11. The van der Waals surface area contributed by atoms with Crippen molar-refractivity contribution in [2.75, 3.05) is 26.2 Å². The summed E-state index contributed by atoms with van der Waals surface area (Å²) < 4.78 is 0. The highest BCUT2D eigenvalue weighted by Crippen LogP contribution is 1.96. The Labute approximate surface area is 125 Å². The predicted molar refractivity (Wildman–Crippen MR) is 82.4 cm³/mol. The minimum Gasteiger partial charge on any atom is -0.353 e. The molecule has 0 aromatic carbocycles. The van der Waals surface area contributed by atoms with Crippen LogP contribution in [0.2, 0.25) is 0 Å². The smallest absolute Gasteiger partial charge is 0.245 e. The number of carbonyl (C=O) groups is 3. The fourth-order valence-electron chi connectivity index (χ4n) is 1.57. The highest BCUT2D eigenvalue weighted by atomic mass is 16.2. The summed E-state index contributed by atoms with van der Waals surface area (Å²) in [7, 11) is 0. The molecule has 0 spiro atoms. The van der Waals surface area contributed by atoms with E-state index in [0.29, 0.717) is 39.0 Å². The molecule has 0 aromatic rings. The molecule has 0 heterocycles. The Morgan fingerprint density at radius 3 is 1.57 bits per heavy atom. The van der Waals surface area contributed by atoms with Crippen molar-refractivity contribution < 1.29 is 14.4 Å². The number of amides is 3. The fourth-order valence-corrected chi connectivity index (χ4v) is 1.57. The number of nitrogens with one attached hydrogen (secondary N) is 2. The van der Waals surface area contributed by atoms with Gasteiger partial charge < -0.3 is 15.5 Å². The third-order valence-corrected chi connectivity index (χ3v) is 2.67. The largest absolute Gasteiger partial charge is 0.353 e. The molecule has 0 saturated carbocycles. The average molecular weight is 293 g/mol. The molecular weight excluding hydrogens is 270 g/mol. The van der Waals surface area contributed by atoms with E-state index < -0.39 is 0 Å². The summed E-state index contributed by atoms with van der Waals surface area (Å²) in [4.78, 5) is 35.3. The molecule has 0 rings (SSSR count). The van der Waals surface area contributed by atoms with Gasteiger partial charge in [-0.1, -0.05) is 19.7 Å². The SMILES string of the molecule is C=CC(=O)NCCCN(CCCNC(=O)C=C)C(=O)C=C. The van der Waals surface area contributed by atoms with E-state index in [1.807, 2.05) is 0 Å². The van der Waals surface area contributed by atoms with E-state index in [1.54, 1.807) is 4.90 Å². The molecule has 0 bridgehead atoms. The van der Waals surface area contributed by atoms with Crippen LogP contribution < -0.4 is 10.6 Å². The van der Waals surface area contributed by atoms with Crippen LogP contribution in [-0.4, -0.2) is 48.8 Å². The molecule has 0 aliphatic rings. The van der Waals surface area contributed by atoms with Crippen molar-refractivity contribution in [3.8, 4) is 0 Å². The molecule has 0 unspecified atom stereocenters. The summed E-state index contributed by atoms with van der Waals surface area (Å²) in [6, 6.07) is 0. The Bertz CT molecular complexity index is 377. The summed E-state index contributed by atoms with van der Waals surface area (Å²) in [6.45, 7) is 12.1. The van der Waals surface area contributed by atoms with Crippen molar-refractivity contribution in [3.05, 3.63) is 38.0 Å². The van der Waals surface area contributed by atoms with Crippen molar-refractivity contribution in [3.63, 3.8) is 0 Å². The second-order valence-corrected chi connectivity index (χ2v) is 4.23. The fraction of sp³-hybridized carbons (Fsp3) is 0.400. The molecule has 0 aromatic heterocycles. The topological polar surface area (TPSA) is 78.5 Å². The number of nitrogens with zero attached hydrogens (tertiary/aromatic N) is 1. The van der Waals surface area contributed by atoms with E-state index in [4.69, 9.17) is 0 Å². The first-order chi connectivity index (χ1) is 10.0. The lowest BCUT2D eigenvalue weighted by atomic mass is 10.3. The number of hydrogen-bond donors (Lipinski definition) is 2. The molecule has 2 N–H and O–H groups in total. The molecule has 0 atom stereocenters. The van der Waals surface area contributed by atoms with Crippen molar-refractivity contribution in [2.45, 2.75) is 12.8 Å². The molecular formula is C15H23N3O3. The first-order valence-corrected chi connectivity index (χ1v) is 6.77. The maximum absolute atomic E-state index is 11.7. The lowest BCUT2D eigenvalue weighted by Gasteiger charge is -2.21. The molecule has 0 radical (unpaired) electrons. The van der Waals surface area contributed by atoms with E-state index in [0.717, 1.165) is 0 Å². The Balaban J connectivity index is 4.03. The van der Waals surface area contributed by atoms with Crippen LogP contribution in [0.1, 0.15) is 12.8 Å². The van der Waals surface area contributed by atoms with E-state index in [-0.39, 0.29) is 17.7 Å². The normalized spacial score (nSPS) is 9.33. The van der Waals surface area contributed by atoms with E-state index >= 15 is 0 Å². The van der Waals surface area contributed by atoms with Crippen LogP contribution in [0.4, 0.5) is 0 Å². The van der Waals surface area contributed by atoms with Gasteiger partial charge in [0, 0.05) is 26.2 Å². The molecule has 0 aliphatic carbocycles. The zero-order valence-electron chi connectivity index (χ0n) is 12.3. The molecule has 6 nitrogen and oxygen atoms in total. The second-order valence-electron chi connectivity index (χ2n) is 4.23. The standard InChI is InChI=1S/C15H23N3O3/c1-4-13(19)16-9-7-11-18(15(21)6-3)12-8-10-17-14(20)5-2/h4-6H,1-3,7-12H2,(H,16,19)(H,17,20). The van der Waals surface area contributed by atoms with Crippen LogP contribution in [0.3, 0.4) is 0 Å². The van der Waals surface area contributed by atoms with Gasteiger partial charge in [0.2, 0.25) is 17.7 Å². The van der Waals surface area contributed by atoms with Crippen molar-refractivity contribution in [1.29, 1.82) is 0 Å². The second kappa shape index (κ2) is 11.5. The van der Waals surface area contributed by atoms with E-state index in [2.05, 4.69) is 30.4 Å². The lowest BCUT2D eigenvalue weighted by Crippen LogP contribution is -2.35. The molecule has 0 saturated heterocycles. The summed E-state index contributed by atoms with van der Waals surface area (Å²) in [5.74, 6) is -0.632. The van der Waals surface area contributed by atoms with E-state index in [1.165, 1.54) is 18.2 Å². The Kier molecular flexibility index (Phi) is 10.2. The molecule has 6 heteroatoms. The zero-order chi connectivity index (χ0) is 16.1. The maximum atomic E-state index is 11.7. The quantitative estimate of drug-likeness (QED) is 0.427. The first-order valence-electron chi connectivity index (χ1n) is 6.77. The van der Waals surface area contributed by atoms with Crippen LogP contribution in [-0.2, 0) is 14.4 Å².